The molecule has 0 fully saturated rings. The van der Waals surface area contributed by atoms with Gasteiger partial charge in [0.1, 0.15) is 17.1 Å². The van der Waals surface area contributed by atoms with Crippen LogP contribution in [-0.4, -0.2) is 11.8 Å². The number of benzene rings is 3. The second-order valence-electron chi connectivity index (χ2n) is 7.10. The van der Waals surface area contributed by atoms with Crippen LogP contribution >= 0.6 is 0 Å². The van der Waals surface area contributed by atoms with Crippen molar-refractivity contribution in [1.82, 2.24) is 0 Å². The predicted molar refractivity (Wildman–Crippen MR) is 119 cm³/mol. The molecule has 0 aliphatic carbocycles. The molecule has 1 heterocycles. The summed E-state index contributed by atoms with van der Waals surface area (Å²) in [7, 11) is 0. The van der Waals surface area contributed by atoms with E-state index in [-0.39, 0.29) is 23.0 Å². The van der Waals surface area contributed by atoms with Crippen molar-refractivity contribution in [2.75, 3.05) is 10.6 Å². The molecule has 4 rings (SSSR count). The molecule has 31 heavy (non-hydrogen) atoms. The largest absolute Gasteiger partial charge is 0.449 e. The van der Waals surface area contributed by atoms with E-state index in [1.807, 2.05) is 37.3 Å². The monoisotopic (exact) mass is 416 g/mol. The Kier molecular flexibility index (Phi) is 5.80. The zero-order valence-corrected chi connectivity index (χ0v) is 16.9. The third kappa shape index (κ3) is 4.19. The molecule has 156 valence electrons. The van der Waals surface area contributed by atoms with Crippen molar-refractivity contribution in [2.24, 2.45) is 0 Å². The van der Waals surface area contributed by atoms with Gasteiger partial charge in [0.25, 0.3) is 5.91 Å². The average molecular weight is 416 g/mol. The molecule has 5 nitrogen and oxygen atoms in total. The van der Waals surface area contributed by atoms with E-state index in [4.69, 9.17) is 4.42 Å². The Morgan fingerprint density at radius 2 is 1.58 bits per heavy atom. The molecule has 2 amide bonds. The lowest BCUT2D eigenvalue weighted by Gasteiger charge is -2.15. The maximum atomic E-state index is 14.0. The van der Waals surface area contributed by atoms with Gasteiger partial charge < -0.3 is 15.1 Å². The number of halogens is 1. The van der Waals surface area contributed by atoms with Gasteiger partial charge in [-0.3, -0.25) is 9.59 Å². The lowest BCUT2D eigenvalue weighted by atomic mass is 9.95. The van der Waals surface area contributed by atoms with E-state index in [9.17, 15) is 14.0 Å². The van der Waals surface area contributed by atoms with Gasteiger partial charge >= 0.3 is 0 Å². The lowest BCUT2D eigenvalue weighted by Crippen LogP contribution is -2.22. The van der Waals surface area contributed by atoms with Gasteiger partial charge in [-0.15, -0.1) is 0 Å². The Bertz CT molecular complexity index is 1230. The summed E-state index contributed by atoms with van der Waals surface area (Å²) in [5.41, 5.74) is 1.63. The average Bonchev–Trinajstić information content (AvgIpc) is 3.15. The number of hydrogen-bond acceptors (Lipinski definition) is 3. The third-order valence-corrected chi connectivity index (χ3v) is 5.10. The fraction of sp³-hybridized carbons (Fsp3) is 0.120. The molecule has 0 radical (unpaired) electrons. The summed E-state index contributed by atoms with van der Waals surface area (Å²) in [6.07, 6.45) is 0.586. The normalized spacial score (nSPS) is 11.8. The summed E-state index contributed by atoms with van der Waals surface area (Å²) in [4.78, 5) is 26.1. The van der Waals surface area contributed by atoms with Gasteiger partial charge in [-0.2, -0.15) is 0 Å². The standard InChI is InChI=1S/C25H21FN2O3/c1-2-17(16-10-4-3-5-11-16)24(29)28-22-18-12-6-9-15-21(18)31-23(22)25(30)27-20-14-8-7-13-19(20)26/h3-15,17H,2H2,1H3,(H,27,30)(H,28,29). The van der Waals surface area contributed by atoms with Crippen molar-refractivity contribution in [1.29, 1.82) is 0 Å². The van der Waals surface area contributed by atoms with Crippen molar-refractivity contribution >= 4 is 34.2 Å². The molecule has 0 aliphatic rings. The lowest BCUT2D eigenvalue weighted by molar-refractivity contribution is -0.117. The van der Waals surface area contributed by atoms with Gasteiger partial charge in [-0.05, 0) is 36.2 Å². The Morgan fingerprint density at radius 1 is 0.903 bits per heavy atom. The Morgan fingerprint density at radius 3 is 2.32 bits per heavy atom. The Balaban J connectivity index is 1.69. The highest BCUT2D eigenvalue weighted by Gasteiger charge is 2.26. The van der Waals surface area contributed by atoms with E-state index >= 15 is 0 Å². The summed E-state index contributed by atoms with van der Waals surface area (Å²) in [5.74, 6) is -1.93. The van der Waals surface area contributed by atoms with E-state index < -0.39 is 17.6 Å². The van der Waals surface area contributed by atoms with Crippen molar-refractivity contribution in [3.05, 3.63) is 96.0 Å². The fourth-order valence-electron chi connectivity index (χ4n) is 3.54. The van der Waals surface area contributed by atoms with Crippen molar-refractivity contribution < 1.29 is 18.4 Å². The van der Waals surface area contributed by atoms with E-state index in [2.05, 4.69) is 10.6 Å². The number of hydrogen-bond donors (Lipinski definition) is 2. The van der Waals surface area contributed by atoms with E-state index in [0.29, 0.717) is 17.4 Å². The number of nitrogens with one attached hydrogen (secondary N) is 2. The maximum absolute atomic E-state index is 14.0. The van der Waals surface area contributed by atoms with Crippen LogP contribution in [0.5, 0.6) is 0 Å². The molecule has 4 aromatic rings. The third-order valence-electron chi connectivity index (χ3n) is 5.10. The van der Waals surface area contributed by atoms with E-state index in [0.717, 1.165) is 5.56 Å². The van der Waals surface area contributed by atoms with Gasteiger partial charge in [0.05, 0.1) is 11.6 Å². The number of carbonyl (C=O) groups is 2. The first-order valence-electron chi connectivity index (χ1n) is 10.0. The second-order valence-corrected chi connectivity index (χ2v) is 7.10. The Labute approximate surface area is 178 Å². The van der Waals surface area contributed by atoms with Crippen molar-refractivity contribution in [3.8, 4) is 0 Å². The zero-order chi connectivity index (χ0) is 21.8. The molecule has 0 saturated carbocycles. The highest BCUT2D eigenvalue weighted by atomic mass is 19.1. The minimum atomic E-state index is -0.649. The highest BCUT2D eigenvalue weighted by Crippen LogP contribution is 2.33. The van der Waals surface area contributed by atoms with Gasteiger partial charge in [0.15, 0.2) is 0 Å². The molecule has 1 aromatic heterocycles. The number of rotatable bonds is 6. The number of fused-ring (bicyclic) bond motifs is 1. The van der Waals surface area contributed by atoms with Crippen LogP contribution in [0.15, 0.2) is 83.3 Å². The van der Waals surface area contributed by atoms with Crippen molar-refractivity contribution in [2.45, 2.75) is 19.3 Å². The molecule has 1 atom stereocenters. The molecular formula is C25H21FN2O3. The van der Waals surface area contributed by atoms with Gasteiger partial charge in [0, 0.05) is 5.39 Å². The van der Waals surface area contributed by atoms with Gasteiger partial charge in [-0.25, -0.2) is 4.39 Å². The summed E-state index contributed by atoms with van der Waals surface area (Å²) in [6, 6.07) is 22.3. The molecule has 2 N–H and O–H groups in total. The molecule has 1 unspecified atom stereocenters. The SMILES string of the molecule is CCC(C(=O)Nc1c(C(=O)Nc2ccccc2F)oc2ccccc12)c1ccccc1. The van der Waals surface area contributed by atoms with Crippen LogP contribution in [0.4, 0.5) is 15.8 Å². The first-order chi connectivity index (χ1) is 15.1. The quantitative estimate of drug-likeness (QED) is 0.408. The molecule has 3 aromatic carbocycles. The number of para-hydroxylation sites is 2. The Hall–Kier alpha value is -3.93. The van der Waals surface area contributed by atoms with Crippen LogP contribution in [0.1, 0.15) is 35.4 Å². The summed E-state index contributed by atoms with van der Waals surface area (Å²) in [6.45, 7) is 1.93. The topological polar surface area (TPSA) is 71.3 Å². The van der Waals surface area contributed by atoms with E-state index in [1.165, 1.54) is 18.2 Å². The van der Waals surface area contributed by atoms with Gasteiger partial charge in [-0.1, -0.05) is 61.5 Å². The van der Waals surface area contributed by atoms with Gasteiger partial charge in [0.2, 0.25) is 11.7 Å². The van der Waals surface area contributed by atoms with Crippen LogP contribution in [0, 0.1) is 5.82 Å². The van der Waals surface area contributed by atoms with Crippen molar-refractivity contribution in [3.63, 3.8) is 0 Å². The zero-order valence-electron chi connectivity index (χ0n) is 16.9. The number of carbonyl (C=O) groups excluding carboxylic acids is 2. The first kappa shape index (κ1) is 20.3. The van der Waals surface area contributed by atoms with Crippen LogP contribution < -0.4 is 10.6 Å². The summed E-state index contributed by atoms with van der Waals surface area (Å²) < 4.78 is 19.7. The van der Waals surface area contributed by atoms with Crippen LogP contribution in [-0.2, 0) is 4.79 Å². The maximum Gasteiger partial charge on any atom is 0.293 e. The highest BCUT2D eigenvalue weighted by molar-refractivity contribution is 6.15. The molecule has 6 heteroatoms. The minimum Gasteiger partial charge on any atom is -0.449 e. The second kappa shape index (κ2) is 8.83. The van der Waals surface area contributed by atoms with Crippen LogP contribution in [0.3, 0.4) is 0 Å². The molecule has 0 spiro atoms. The molecular weight excluding hydrogens is 395 g/mol. The molecule has 0 bridgehead atoms. The summed E-state index contributed by atoms with van der Waals surface area (Å²) in [5, 5.41) is 5.99. The van der Waals surface area contributed by atoms with Crippen LogP contribution in [0.2, 0.25) is 0 Å². The molecule has 0 aliphatic heterocycles. The number of amides is 2. The molecule has 0 saturated heterocycles. The predicted octanol–water partition coefficient (Wildman–Crippen LogP) is 5.96. The number of furan rings is 1. The van der Waals surface area contributed by atoms with Crippen LogP contribution in [0.25, 0.3) is 11.0 Å². The smallest absolute Gasteiger partial charge is 0.293 e. The number of anilines is 2. The minimum absolute atomic E-state index is 0.0287. The summed E-state index contributed by atoms with van der Waals surface area (Å²) >= 11 is 0. The van der Waals surface area contributed by atoms with E-state index in [1.54, 1.807) is 30.3 Å². The first-order valence-corrected chi connectivity index (χ1v) is 10.0. The fourth-order valence-corrected chi connectivity index (χ4v) is 3.54.